The van der Waals surface area contributed by atoms with Gasteiger partial charge in [0.15, 0.2) is 0 Å². The van der Waals surface area contributed by atoms with Gasteiger partial charge < -0.3 is 10.4 Å². The van der Waals surface area contributed by atoms with Crippen molar-refractivity contribution in [3.63, 3.8) is 0 Å². The van der Waals surface area contributed by atoms with E-state index < -0.39 is 5.82 Å². The molecular weight excluding hydrogens is 221 g/mol. The molecule has 4 heteroatoms. The maximum atomic E-state index is 13.1. The van der Waals surface area contributed by atoms with Gasteiger partial charge in [-0.2, -0.15) is 0 Å². The zero-order valence-corrected chi connectivity index (χ0v) is 9.74. The number of aliphatic hydroxyl groups excluding tert-OH is 1. The number of hydrogen-bond donors (Lipinski definition) is 2. The second-order valence-electron chi connectivity index (χ2n) is 4.72. The number of aryl methyl sites for hydroxylation is 1. The minimum absolute atomic E-state index is 0.215. The van der Waals surface area contributed by atoms with Gasteiger partial charge in [-0.1, -0.05) is 0 Å². The first-order chi connectivity index (χ1) is 8.04. The fourth-order valence-corrected chi connectivity index (χ4v) is 2.07. The summed E-state index contributed by atoms with van der Waals surface area (Å²) >= 11 is 0. The second kappa shape index (κ2) is 4.84. The van der Waals surface area contributed by atoms with Crippen LogP contribution in [0.2, 0.25) is 0 Å². The SMILES string of the molecule is Cc1cc(F)cc(C(=O)NCC2CC(O)C2)c1. The van der Waals surface area contributed by atoms with Gasteiger partial charge in [-0.15, -0.1) is 0 Å². The van der Waals surface area contributed by atoms with E-state index in [1.54, 1.807) is 13.0 Å². The van der Waals surface area contributed by atoms with Crippen LogP contribution in [0.25, 0.3) is 0 Å². The monoisotopic (exact) mass is 237 g/mol. The topological polar surface area (TPSA) is 49.3 Å². The van der Waals surface area contributed by atoms with Crippen LogP contribution < -0.4 is 5.32 Å². The van der Waals surface area contributed by atoms with Crippen molar-refractivity contribution in [3.05, 3.63) is 35.1 Å². The van der Waals surface area contributed by atoms with Crippen LogP contribution in [-0.2, 0) is 0 Å². The van der Waals surface area contributed by atoms with Crippen LogP contribution in [-0.4, -0.2) is 23.7 Å². The standard InChI is InChI=1S/C13H16FNO2/c1-8-2-10(6-11(14)3-8)13(17)15-7-9-4-12(16)5-9/h2-3,6,9,12,16H,4-5,7H2,1H3,(H,15,17). The zero-order chi connectivity index (χ0) is 12.4. The van der Waals surface area contributed by atoms with E-state index in [9.17, 15) is 9.18 Å². The minimum atomic E-state index is -0.394. The Balaban J connectivity index is 1.90. The molecular formula is C13H16FNO2. The van der Waals surface area contributed by atoms with E-state index in [1.165, 1.54) is 12.1 Å². The van der Waals surface area contributed by atoms with E-state index >= 15 is 0 Å². The van der Waals surface area contributed by atoms with Crippen LogP contribution in [0.15, 0.2) is 18.2 Å². The highest BCUT2D eigenvalue weighted by molar-refractivity contribution is 5.94. The Kier molecular flexibility index (Phi) is 3.43. The molecule has 1 amide bonds. The smallest absolute Gasteiger partial charge is 0.251 e. The maximum Gasteiger partial charge on any atom is 0.251 e. The van der Waals surface area contributed by atoms with Gasteiger partial charge in [0.2, 0.25) is 0 Å². The number of amides is 1. The van der Waals surface area contributed by atoms with Crippen LogP contribution in [0.5, 0.6) is 0 Å². The third-order valence-electron chi connectivity index (χ3n) is 3.07. The third-order valence-corrected chi connectivity index (χ3v) is 3.07. The predicted octanol–water partition coefficient (Wildman–Crippen LogP) is 1.63. The molecule has 1 fully saturated rings. The predicted molar refractivity (Wildman–Crippen MR) is 62.2 cm³/mol. The summed E-state index contributed by atoms with van der Waals surface area (Å²) in [5.41, 5.74) is 1.08. The maximum absolute atomic E-state index is 13.1. The van der Waals surface area contributed by atoms with Crippen molar-refractivity contribution in [2.24, 2.45) is 5.92 Å². The molecule has 1 aromatic rings. The van der Waals surface area contributed by atoms with Crippen molar-refractivity contribution < 1.29 is 14.3 Å². The number of aliphatic hydroxyl groups is 1. The van der Waals surface area contributed by atoms with E-state index in [4.69, 9.17) is 5.11 Å². The van der Waals surface area contributed by atoms with Crippen molar-refractivity contribution in [2.75, 3.05) is 6.54 Å². The van der Waals surface area contributed by atoms with E-state index in [1.807, 2.05) is 0 Å². The first kappa shape index (κ1) is 12.0. The van der Waals surface area contributed by atoms with Gasteiger partial charge in [0, 0.05) is 12.1 Å². The molecule has 2 N–H and O–H groups in total. The molecule has 1 saturated carbocycles. The number of hydrogen-bond acceptors (Lipinski definition) is 2. The average Bonchev–Trinajstić information content (AvgIpc) is 2.21. The van der Waals surface area contributed by atoms with E-state index in [0.717, 1.165) is 18.4 Å². The van der Waals surface area contributed by atoms with Gasteiger partial charge in [-0.05, 0) is 49.4 Å². The van der Waals surface area contributed by atoms with Crippen molar-refractivity contribution in [3.8, 4) is 0 Å². The summed E-state index contributed by atoms with van der Waals surface area (Å²) in [4.78, 5) is 11.7. The summed E-state index contributed by atoms with van der Waals surface area (Å²) in [5.74, 6) is -0.299. The number of halogens is 1. The van der Waals surface area contributed by atoms with Crippen LogP contribution in [0.3, 0.4) is 0 Å². The summed E-state index contributed by atoms with van der Waals surface area (Å²) in [6.45, 7) is 2.30. The minimum Gasteiger partial charge on any atom is -0.393 e. The molecule has 0 heterocycles. The van der Waals surface area contributed by atoms with Gasteiger partial charge in [-0.25, -0.2) is 4.39 Å². The molecule has 2 rings (SSSR count). The Morgan fingerprint density at radius 1 is 1.47 bits per heavy atom. The molecule has 1 aromatic carbocycles. The van der Waals surface area contributed by atoms with E-state index in [0.29, 0.717) is 18.0 Å². The first-order valence-electron chi connectivity index (χ1n) is 5.78. The quantitative estimate of drug-likeness (QED) is 0.839. The van der Waals surface area contributed by atoms with E-state index in [2.05, 4.69) is 5.32 Å². The largest absolute Gasteiger partial charge is 0.393 e. The van der Waals surface area contributed by atoms with E-state index in [-0.39, 0.29) is 12.0 Å². The molecule has 17 heavy (non-hydrogen) atoms. The first-order valence-corrected chi connectivity index (χ1v) is 5.78. The lowest BCUT2D eigenvalue weighted by atomic mass is 9.82. The van der Waals surface area contributed by atoms with Gasteiger partial charge in [0.05, 0.1) is 6.10 Å². The Hall–Kier alpha value is -1.42. The fourth-order valence-electron chi connectivity index (χ4n) is 2.07. The van der Waals surface area contributed by atoms with Crippen LogP contribution in [0.1, 0.15) is 28.8 Å². The van der Waals surface area contributed by atoms with Crippen LogP contribution in [0, 0.1) is 18.7 Å². The molecule has 1 aliphatic rings. The average molecular weight is 237 g/mol. The molecule has 0 radical (unpaired) electrons. The van der Waals surface area contributed by atoms with Crippen molar-refractivity contribution in [1.29, 1.82) is 0 Å². The number of rotatable bonds is 3. The molecule has 0 saturated heterocycles. The Morgan fingerprint density at radius 3 is 2.76 bits per heavy atom. The zero-order valence-electron chi connectivity index (χ0n) is 9.74. The molecule has 0 bridgehead atoms. The highest BCUT2D eigenvalue weighted by atomic mass is 19.1. The van der Waals surface area contributed by atoms with Crippen LogP contribution in [0.4, 0.5) is 4.39 Å². The van der Waals surface area contributed by atoms with Gasteiger partial charge in [0.25, 0.3) is 5.91 Å². The summed E-state index contributed by atoms with van der Waals surface area (Å²) in [6.07, 6.45) is 1.26. The summed E-state index contributed by atoms with van der Waals surface area (Å²) < 4.78 is 13.1. The molecule has 3 nitrogen and oxygen atoms in total. The van der Waals surface area contributed by atoms with Crippen LogP contribution >= 0.6 is 0 Å². The molecule has 92 valence electrons. The van der Waals surface area contributed by atoms with Gasteiger partial charge in [0.1, 0.15) is 5.82 Å². The van der Waals surface area contributed by atoms with Gasteiger partial charge in [-0.3, -0.25) is 4.79 Å². The Labute approximate surface area is 99.7 Å². The molecule has 0 spiro atoms. The fraction of sp³-hybridized carbons (Fsp3) is 0.462. The van der Waals surface area contributed by atoms with Crippen molar-refractivity contribution in [1.82, 2.24) is 5.32 Å². The number of carbonyl (C=O) groups is 1. The number of benzene rings is 1. The summed E-state index contributed by atoms with van der Waals surface area (Å²) in [6, 6.07) is 4.28. The lowest BCUT2D eigenvalue weighted by Crippen LogP contribution is -2.38. The van der Waals surface area contributed by atoms with Crippen molar-refractivity contribution >= 4 is 5.91 Å². The normalized spacial score (nSPS) is 23.0. The second-order valence-corrected chi connectivity index (χ2v) is 4.72. The van der Waals surface area contributed by atoms with Crippen molar-refractivity contribution in [2.45, 2.75) is 25.9 Å². The number of nitrogens with one attached hydrogen (secondary N) is 1. The molecule has 0 aliphatic heterocycles. The summed E-state index contributed by atoms with van der Waals surface area (Å²) in [5, 5.41) is 11.9. The Morgan fingerprint density at radius 2 is 2.18 bits per heavy atom. The molecule has 0 unspecified atom stereocenters. The molecule has 1 aliphatic carbocycles. The summed E-state index contributed by atoms with van der Waals surface area (Å²) in [7, 11) is 0. The molecule has 0 aromatic heterocycles. The highest BCUT2D eigenvalue weighted by Crippen LogP contribution is 2.26. The Bertz CT molecular complexity index is 407. The third kappa shape index (κ3) is 3.03. The lowest BCUT2D eigenvalue weighted by Gasteiger charge is -2.31. The highest BCUT2D eigenvalue weighted by Gasteiger charge is 2.27. The number of carbonyl (C=O) groups excluding carboxylic acids is 1. The molecule has 0 atom stereocenters. The van der Waals surface area contributed by atoms with Gasteiger partial charge >= 0.3 is 0 Å². The lowest BCUT2D eigenvalue weighted by molar-refractivity contribution is 0.0420.